The first-order valence-corrected chi connectivity index (χ1v) is 6.96. The average Bonchev–Trinajstić information content (AvgIpc) is 2.91. The van der Waals surface area contributed by atoms with E-state index < -0.39 is 0 Å². The predicted octanol–water partition coefficient (Wildman–Crippen LogP) is 4.33. The van der Waals surface area contributed by atoms with Crippen LogP contribution in [0.15, 0.2) is 18.2 Å². The Balaban J connectivity index is 1.81. The maximum Gasteiger partial charge on any atom is 0.123 e. The molecule has 0 aliphatic heterocycles. The van der Waals surface area contributed by atoms with Gasteiger partial charge in [0.2, 0.25) is 0 Å². The Kier molecular flexibility index (Phi) is 2.70. The van der Waals surface area contributed by atoms with Crippen LogP contribution in [-0.4, -0.2) is 5.88 Å². The Morgan fingerprint density at radius 1 is 1.35 bits per heavy atom. The average molecular weight is 253 g/mol. The molecule has 2 atom stereocenters. The normalized spacial score (nSPS) is 34.8. The molecule has 0 saturated heterocycles. The van der Waals surface area contributed by atoms with Crippen molar-refractivity contribution in [2.24, 2.45) is 17.3 Å². The van der Waals surface area contributed by atoms with Gasteiger partial charge in [0.1, 0.15) is 5.82 Å². The lowest BCUT2D eigenvalue weighted by molar-refractivity contribution is 0.302. The van der Waals surface area contributed by atoms with E-state index >= 15 is 0 Å². The van der Waals surface area contributed by atoms with Crippen molar-refractivity contribution >= 4 is 11.6 Å². The number of halogens is 2. The molecular formula is C15H18ClF. The van der Waals surface area contributed by atoms with Crippen LogP contribution in [0.1, 0.15) is 30.4 Å². The minimum absolute atomic E-state index is 0.138. The molecule has 2 aliphatic carbocycles. The van der Waals surface area contributed by atoms with Gasteiger partial charge in [-0.1, -0.05) is 6.07 Å². The molecule has 2 heteroatoms. The Labute approximate surface area is 107 Å². The molecule has 2 fully saturated rings. The molecule has 2 unspecified atom stereocenters. The fourth-order valence-corrected chi connectivity index (χ4v) is 3.88. The SMILES string of the molecule is Cc1cc(F)ccc1CC1(CCl)CC2CC2C1. The second kappa shape index (κ2) is 3.98. The second-order valence-corrected chi connectivity index (χ2v) is 6.31. The zero-order valence-corrected chi connectivity index (χ0v) is 10.9. The van der Waals surface area contributed by atoms with Crippen LogP contribution in [0, 0.1) is 30.0 Å². The van der Waals surface area contributed by atoms with Crippen LogP contribution >= 0.6 is 11.6 Å². The highest BCUT2D eigenvalue weighted by atomic mass is 35.5. The van der Waals surface area contributed by atoms with E-state index in [1.165, 1.54) is 24.8 Å². The number of fused-ring (bicyclic) bond motifs is 1. The molecule has 2 aliphatic rings. The van der Waals surface area contributed by atoms with Crippen LogP contribution in [0.4, 0.5) is 4.39 Å². The van der Waals surface area contributed by atoms with Crippen molar-refractivity contribution in [3.63, 3.8) is 0 Å². The van der Waals surface area contributed by atoms with Gasteiger partial charge in [-0.2, -0.15) is 0 Å². The summed E-state index contributed by atoms with van der Waals surface area (Å²) in [6.07, 6.45) is 4.99. The fraction of sp³-hybridized carbons (Fsp3) is 0.600. The molecule has 0 radical (unpaired) electrons. The third-order valence-electron chi connectivity index (χ3n) is 4.61. The number of hydrogen-bond acceptors (Lipinski definition) is 0. The maximum absolute atomic E-state index is 13.1. The van der Waals surface area contributed by atoms with Crippen LogP contribution in [0.25, 0.3) is 0 Å². The molecule has 0 N–H and O–H groups in total. The zero-order valence-electron chi connectivity index (χ0n) is 10.2. The molecule has 0 heterocycles. The van der Waals surface area contributed by atoms with E-state index in [9.17, 15) is 4.39 Å². The van der Waals surface area contributed by atoms with E-state index in [2.05, 4.69) is 0 Å². The van der Waals surface area contributed by atoms with E-state index in [-0.39, 0.29) is 11.2 Å². The van der Waals surface area contributed by atoms with Crippen LogP contribution in [0.3, 0.4) is 0 Å². The Morgan fingerprint density at radius 2 is 2.06 bits per heavy atom. The van der Waals surface area contributed by atoms with E-state index in [1.54, 1.807) is 12.1 Å². The van der Waals surface area contributed by atoms with E-state index in [0.717, 1.165) is 29.7 Å². The first-order chi connectivity index (χ1) is 8.12. The van der Waals surface area contributed by atoms with E-state index in [0.29, 0.717) is 0 Å². The fourth-order valence-electron chi connectivity index (χ4n) is 3.57. The van der Waals surface area contributed by atoms with Crippen molar-refractivity contribution < 1.29 is 4.39 Å². The lowest BCUT2D eigenvalue weighted by Crippen LogP contribution is -2.24. The summed E-state index contributed by atoms with van der Waals surface area (Å²) in [5.41, 5.74) is 2.63. The summed E-state index contributed by atoms with van der Waals surface area (Å²) in [6.45, 7) is 2.00. The van der Waals surface area contributed by atoms with Crippen LogP contribution < -0.4 is 0 Å². The highest BCUT2D eigenvalue weighted by Gasteiger charge is 2.53. The van der Waals surface area contributed by atoms with E-state index in [4.69, 9.17) is 11.6 Å². The second-order valence-electron chi connectivity index (χ2n) is 6.05. The van der Waals surface area contributed by atoms with Gasteiger partial charge >= 0.3 is 0 Å². The maximum atomic E-state index is 13.1. The molecule has 0 bridgehead atoms. The van der Waals surface area contributed by atoms with Crippen LogP contribution in [-0.2, 0) is 6.42 Å². The molecule has 0 nitrogen and oxygen atoms in total. The van der Waals surface area contributed by atoms with Gasteiger partial charge in [0.25, 0.3) is 0 Å². The quantitative estimate of drug-likeness (QED) is 0.703. The summed E-state index contributed by atoms with van der Waals surface area (Å²) >= 11 is 6.21. The van der Waals surface area contributed by atoms with Gasteiger partial charge in [0.15, 0.2) is 0 Å². The largest absolute Gasteiger partial charge is 0.207 e. The van der Waals surface area contributed by atoms with Gasteiger partial charge in [-0.15, -0.1) is 11.6 Å². The molecule has 2 saturated carbocycles. The van der Waals surface area contributed by atoms with Gasteiger partial charge < -0.3 is 0 Å². The summed E-state index contributed by atoms with van der Waals surface area (Å²) in [5, 5.41) is 0. The lowest BCUT2D eigenvalue weighted by atomic mass is 9.78. The first-order valence-electron chi connectivity index (χ1n) is 6.43. The third kappa shape index (κ3) is 2.10. The topological polar surface area (TPSA) is 0 Å². The number of rotatable bonds is 3. The number of alkyl halides is 1. The standard InChI is InChI=1S/C15H18ClF/c1-10-4-14(17)3-2-11(10)6-15(9-16)7-12-5-13(12)8-15/h2-4,12-13H,5-9H2,1H3. The minimum atomic E-state index is -0.138. The molecule has 92 valence electrons. The van der Waals surface area contributed by atoms with Gasteiger partial charge in [-0.05, 0) is 73.1 Å². The first kappa shape index (κ1) is 11.5. The summed E-state index contributed by atoms with van der Waals surface area (Å²) in [7, 11) is 0. The Morgan fingerprint density at radius 3 is 2.65 bits per heavy atom. The van der Waals surface area contributed by atoms with Crippen molar-refractivity contribution in [1.82, 2.24) is 0 Å². The van der Waals surface area contributed by atoms with Crippen molar-refractivity contribution in [1.29, 1.82) is 0 Å². The molecule has 1 aromatic carbocycles. The monoisotopic (exact) mass is 252 g/mol. The summed E-state index contributed by atoms with van der Waals surface area (Å²) < 4.78 is 13.1. The van der Waals surface area contributed by atoms with Crippen LogP contribution in [0.2, 0.25) is 0 Å². The third-order valence-corrected chi connectivity index (χ3v) is 5.18. The predicted molar refractivity (Wildman–Crippen MR) is 68.8 cm³/mol. The highest BCUT2D eigenvalue weighted by molar-refractivity contribution is 6.18. The lowest BCUT2D eigenvalue weighted by Gasteiger charge is -2.29. The summed E-state index contributed by atoms with van der Waals surface area (Å²) in [5.74, 6) is 2.49. The van der Waals surface area contributed by atoms with Crippen molar-refractivity contribution in [3.8, 4) is 0 Å². The number of benzene rings is 1. The molecular weight excluding hydrogens is 235 g/mol. The smallest absolute Gasteiger partial charge is 0.123 e. The van der Waals surface area contributed by atoms with Crippen molar-refractivity contribution in [2.75, 3.05) is 5.88 Å². The minimum Gasteiger partial charge on any atom is -0.207 e. The van der Waals surface area contributed by atoms with Gasteiger partial charge in [0.05, 0.1) is 0 Å². The Bertz CT molecular complexity index is 431. The molecule has 0 spiro atoms. The number of hydrogen-bond donors (Lipinski definition) is 0. The molecule has 0 amide bonds. The highest BCUT2D eigenvalue weighted by Crippen LogP contribution is 2.61. The van der Waals surface area contributed by atoms with E-state index in [1.807, 2.05) is 13.0 Å². The van der Waals surface area contributed by atoms with Gasteiger partial charge in [-0.3, -0.25) is 0 Å². The summed E-state index contributed by atoms with van der Waals surface area (Å²) in [4.78, 5) is 0. The van der Waals surface area contributed by atoms with Crippen LogP contribution in [0.5, 0.6) is 0 Å². The molecule has 17 heavy (non-hydrogen) atoms. The van der Waals surface area contributed by atoms with Gasteiger partial charge in [0, 0.05) is 5.88 Å². The summed E-state index contributed by atoms with van der Waals surface area (Å²) in [6, 6.07) is 5.13. The molecule has 1 aromatic rings. The van der Waals surface area contributed by atoms with Crippen molar-refractivity contribution in [3.05, 3.63) is 35.1 Å². The van der Waals surface area contributed by atoms with Gasteiger partial charge in [-0.25, -0.2) is 4.39 Å². The molecule has 3 rings (SSSR count). The number of aryl methyl sites for hydroxylation is 1. The Hall–Kier alpha value is -0.560. The van der Waals surface area contributed by atoms with Crippen molar-refractivity contribution in [2.45, 2.75) is 32.6 Å². The zero-order chi connectivity index (χ0) is 12.0. The molecule has 0 aromatic heterocycles.